The monoisotopic (exact) mass is 193 g/mol. The van der Waals surface area contributed by atoms with Gasteiger partial charge in [0, 0.05) is 6.54 Å². The van der Waals surface area contributed by atoms with E-state index in [1.54, 1.807) is 0 Å². The van der Waals surface area contributed by atoms with Gasteiger partial charge in [0.2, 0.25) is 0 Å². The van der Waals surface area contributed by atoms with Crippen LogP contribution in [0.4, 0.5) is 0 Å². The van der Waals surface area contributed by atoms with E-state index in [4.69, 9.17) is 4.55 Å². The Morgan fingerprint density at radius 3 is 2.42 bits per heavy atom. The van der Waals surface area contributed by atoms with E-state index >= 15 is 0 Å². The van der Waals surface area contributed by atoms with Gasteiger partial charge >= 0.3 is 0 Å². The zero-order chi connectivity index (χ0) is 9.45. The first-order valence-electron chi connectivity index (χ1n) is 4.40. The van der Waals surface area contributed by atoms with Crippen LogP contribution in [-0.4, -0.2) is 21.2 Å². The quantitative estimate of drug-likeness (QED) is 0.477. The molecule has 0 aliphatic carbocycles. The van der Waals surface area contributed by atoms with Crippen molar-refractivity contribution in [2.24, 2.45) is 0 Å². The Kier molecular flexibility index (Phi) is 6.42. The minimum atomic E-state index is -2.97. The molecule has 2 N–H and O–H groups in total. The van der Waals surface area contributed by atoms with Crippen LogP contribution in [0.25, 0.3) is 0 Å². The third kappa shape index (κ3) is 9.94. The first-order valence-corrected chi connectivity index (χ1v) is 6.09. The highest BCUT2D eigenvalue weighted by Gasteiger charge is 1.94. The number of rotatable bonds is 7. The Morgan fingerprint density at radius 1 is 1.33 bits per heavy atom. The van der Waals surface area contributed by atoms with Crippen molar-refractivity contribution in [3.05, 3.63) is 0 Å². The molecule has 0 aromatic heterocycles. The molecule has 0 aliphatic rings. The minimum absolute atomic E-state index is 0.586. The van der Waals surface area contributed by atoms with Crippen molar-refractivity contribution in [2.45, 2.75) is 39.0 Å². The molecule has 0 saturated heterocycles. The van der Waals surface area contributed by atoms with Crippen molar-refractivity contribution in [3.63, 3.8) is 0 Å². The van der Waals surface area contributed by atoms with Gasteiger partial charge in [-0.05, 0) is 12.3 Å². The molecule has 1 unspecified atom stereocenters. The maximum atomic E-state index is 10.6. The standard InChI is InChI=1S/C8H19NO2S/c1-3-4-5-6-7-8-9-12(2,10)11/h2-8H2,1H3,(H2,9,10,11). The van der Waals surface area contributed by atoms with Crippen molar-refractivity contribution >= 4 is 15.9 Å². The molecule has 0 rings (SSSR count). The van der Waals surface area contributed by atoms with Crippen molar-refractivity contribution < 1.29 is 8.76 Å². The van der Waals surface area contributed by atoms with Gasteiger partial charge in [-0.1, -0.05) is 32.6 Å². The normalized spacial score (nSPS) is 15.8. The van der Waals surface area contributed by atoms with Gasteiger partial charge < -0.3 is 4.55 Å². The summed E-state index contributed by atoms with van der Waals surface area (Å²) in [5.74, 6) is 3.08. The van der Waals surface area contributed by atoms with E-state index in [0.717, 1.165) is 12.8 Å². The summed E-state index contributed by atoms with van der Waals surface area (Å²) in [4.78, 5) is 0. The molecule has 0 radical (unpaired) electrons. The first kappa shape index (κ1) is 11.9. The summed E-state index contributed by atoms with van der Waals surface area (Å²) in [6, 6.07) is 0. The largest absolute Gasteiger partial charge is 0.303 e. The average Bonchev–Trinajstić information content (AvgIpc) is 1.94. The molecule has 0 heterocycles. The molecule has 1 atom stereocenters. The van der Waals surface area contributed by atoms with Crippen LogP contribution in [0, 0.1) is 0 Å². The molecular formula is C8H19NO2S. The van der Waals surface area contributed by atoms with E-state index in [1.807, 2.05) is 0 Å². The lowest BCUT2D eigenvalue weighted by molar-refractivity contribution is 0.538. The van der Waals surface area contributed by atoms with Crippen molar-refractivity contribution in [2.75, 3.05) is 6.54 Å². The van der Waals surface area contributed by atoms with Gasteiger partial charge in [0.1, 0.15) is 9.99 Å². The van der Waals surface area contributed by atoms with Crippen LogP contribution in [0.2, 0.25) is 0 Å². The molecular weight excluding hydrogens is 174 g/mol. The van der Waals surface area contributed by atoms with Crippen LogP contribution in [0.5, 0.6) is 0 Å². The molecule has 12 heavy (non-hydrogen) atoms. The molecule has 0 aromatic carbocycles. The van der Waals surface area contributed by atoms with Crippen LogP contribution in [0.15, 0.2) is 0 Å². The van der Waals surface area contributed by atoms with E-state index in [9.17, 15) is 4.21 Å². The van der Waals surface area contributed by atoms with Gasteiger partial charge in [0.15, 0.2) is 0 Å². The SMILES string of the molecule is C=S(=O)(O)NCCCCCCC. The van der Waals surface area contributed by atoms with E-state index in [2.05, 4.69) is 17.5 Å². The predicted octanol–water partition coefficient (Wildman–Crippen LogP) is 1.65. The van der Waals surface area contributed by atoms with Crippen LogP contribution >= 0.6 is 0 Å². The lowest BCUT2D eigenvalue weighted by Gasteiger charge is -2.03. The van der Waals surface area contributed by atoms with Gasteiger partial charge in [-0.2, -0.15) is 0 Å². The van der Waals surface area contributed by atoms with Crippen LogP contribution < -0.4 is 4.72 Å². The number of nitrogens with one attached hydrogen (secondary N) is 1. The lowest BCUT2D eigenvalue weighted by Crippen LogP contribution is -2.23. The molecule has 0 aliphatic heterocycles. The van der Waals surface area contributed by atoms with E-state index in [0.29, 0.717) is 6.54 Å². The highest BCUT2D eigenvalue weighted by Crippen LogP contribution is 2.01. The second kappa shape index (κ2) is 6.46. The van der Waals surface area contributed by atoms with E-state index in [1.165, 1.54) is 19.3 Å². The molecule has 0 amide bonds. The minimum Gasteiger partial charge on any atom is -0.303 e. The lowest BCUT2D eigenvalue weighted by atomic mass is 10.2. The number of hydrogen-bond donors (Lipinski definition) is 2. The smallest absolute Gasteiger partial charge is 0.138 e. The fourth-order valence-corrected chi connectivity index (χ4v) is 1.42. The summed E-state index contributed by atoms with van der Waals surface area (Å²) in [6.07, 6.45) is 5.75. The summed E-state index contributed by atoms with van der Waals surface area (Å²) < 4.78 is 21.8. The Balaban J connectivity index is 3.12. The molecule has 4 heteroatoms. The van der Waals surface area contributed by atoms with Crippen LogP contribution in [-0.2, 0) is 9.99 Å². The van der Waals surface area contributed by atoms with Crippen LogP contribution in [0.1, 0.15) is 39.0 Å². The Morgan fingerprint density at radius 2 is 1.92 bits per heavy atom. The second-order valence-electron chi connectivity index (χ2n) is 2.95. The van der Waals surface area contributed by atoms with E-state index in [-0.39, 0.29) is 0 Å². The van der Waals surface area contributed by atoms with Gasteiger partial charge in [-0.25, -0.2) is 8.93 Å². The summed E-state index contributed by atoms with van der Waals surface area (Å²) in [5.41, 5.74) is 0. The summed E-state index contributed by atoms with van der Waals surface area (Å²) in [7, 11) is -2.97. The maximum Gasteiger partial charge on any atom is 0.138 e. The Bertz CT molecular complexity index is 187. The summed E-state index contributed by atoms with van der Waals surface area (Å²) in [6.45, 7) is 2.75. The van der Waals surface area contributed by atoms with Gasteiger partial charge in [-0.3, -0.25) is 0 Å². The molecule has 0 bridgehead atoms. The first-order chi connectivity index (χ1) is 5.56. The topological polar surface area (TPSA) is 49.3 Å². The molecule has 0 aromatic rings. The zero-order valence-electron chi connectivity index (χ0n) is 7.71. The molecule has 0 spiro atoms. The van der Waals surface area contributed by atoms with Crippen molar-refractivity contribution in [3.8, 4) is 0 Å². The Hall–Kier alpha value is -0.0600. The fourth-order valence-electron chi connectivity index (χ4n) is 0.960. The summed E-state index contributed by atoms with van der Waals surface area (Å²) in [5, 5.41) is 0. The van der Waals surface area contributed by atoms with Crippen molar-refractivity contribution in [1.29, 1.82) is 0 Å². The zero-order valence-corrected chi connectivity index (χ0v) is 8.53. The highest BCUT2D eigenvalue weighted by atomic mass is 32.2. The predicted molar refractivity (Wildman–Crippen MR) is 54.7 cm³/mol. The van der Waals surface area contributed by atoms with Gasteiger partial charge in [0.05, 0.1) is 0 Å². The fraction of sp³-hybridized carbons (Fsp3) is 0.875. The average molecular weight is 193 g/mol. The van der Waals surface area contributed by atoms with Gasteiger partial charge in [0.25, 0.3) is 0 Å². The van der Waals surface area contributed by atoms with E-state index < -0.39 is 9.99 Å². The Labute approximate surface area is 75.5 Å². The third-order valence-corrected chi connectivity index (χ3v) is 2.26. The highest BCUT2D eigenvalue weighted by molar-refractivity contribution is 7.93. The molecule has 3 nitrogen and oxygen atoms in total. The third-order valence-electron chi connectivity index (χ3n) is 1.61. The maximum absolute atomic E-state index is 10.6. The van der Waals surface area contributed by atoms with Crippen LogP contribution in [0.3, 0.4) is 0 Å². The van der Waals surface area contributed by atoms with Crippen molar-refractivity contribution in [1.82, 2.24) is 4.72 Å². The number of unbranched alkanes of at least 4 members (excludes halogenated alkanes) is 4. The number of hydrogen-bond acceptors (Lipinski definition) is 1. The second-order valence-corrected chi connectivity index (χ2v) is 4.52. The summed E-state index contributed by atoms with van der Waals surface area (Å²) >= 11 is 0. The molecule has 0 saturated carbocycles. The molecule has 0 fully saturated rings. The van der Waals surface area contributed by atoms with Gasteiger partial charge in [-0.15, -0.1) is 0 Å². The molecule has 74 valence electrons.